The Morgan fingerprint density at radius 2 is 2.20 bits per heavy atom. The fourth-order valence-corrected chi connectivity index (χ4v) is 2.78. The molecular formula is C16H23FN2O. The summed E-state index contributed by atoms with van der Waals surface area (Å²) in [6, 6.07) is 6.53. The first-order valence-corrected chi connectivity index (χ1v) is 7.25. The van der Waals surface area contributed by atoms with E-state index >= 15 is 0 Å². The number of carbonyl (C=O) groups is 1. The zero-order valence-corrected chi connectivity index (χ0v) is 12.2. The molecule has 2 rings (SSSR count). The van der Waals surface area contributed by atoms with E-state index in [0.717, 1.165) is 19.4 Å². The number of halogens is 1. The lowest BCUT2D eigenvalue weighted by Gasteiger charge is -2.38. The van der Waals surface area contributed by atoms with Crippen LogP contribution in [0.5, 0.6) is 0 Å². The van der Waals surface area contributed by atoms with Crippen molar-refractivity contribution >= 4 is 5.91 Å². The molecule has 0 aromatic heterocycles. The molecule has 0 bridgehead atoms. The van der Waals surface area contributed by atoms with Gasteiger partial charge < -0.3 is 10.6 Å². The monoisotopic (exact) mass is 278 g/mol. The fraction of sp³-hybridized carbons (Fsp3) is 0.562. The topological polar surface area (TPSA) is 41.1 Å². The van der Waals surface area contributed by atoms with Crippen molar-refractivity contribution in [2.24, 2.45) is 5.41 Å². The highest BCUT2D eigenvalue weighted by molar-refractivity contribution is 5.82. The van der Waals surface area contributed by atoms with E-state index in [1.54, 1.807) is 12.1 Å². The smallest absolute Gasteiger partial charge is 0.237 e. The second kappa shape index (κ2) is 6.35. The maximum Gasteiger partial charge on any atom is 0.237 e. The van der Waals surface area contributed by atoms with E-state index in [9.17, 15) is 9.18 Å². The predicted molar refractivity (Wildman–Crippen MR) is 77.9 cm³/mol. The van der Waals surface area contributed by atoms with Crippen LogP contribution in [-0.4, -0.2) is 25.0 Å². The Bertz CT molecular complexity index is 473. The molecule has 1 aliphatic heterocycles. The summed E-state index contributed by atoms with van der Waals surface area (Å²) in [5, 5.41) is 6.20. The second-order valence-electron chi connectivity index (χ2n) is 6.11. The quantitative estimate of drug-likeness (QED) is 0.887. The lowest BCUT2D eigenvalue weighted by molar-refractivity contribution is -0.126. The fourth-order valence-electron chi connectivity index (χ4n) is 2.78. The molecule has 1 fully saturated rings. The van der Waals surface area contributed by atoms with E-state index < -0.39 is 0 Å². The Labute approximate surface area is 120 Å². The molecule has 4 heteroatoms. The lowest BCUT2D eigenvalue weighted by atomic mass is 9.77. The summed E-state index contributed by atoms with van der Waals surface area (Å²) in [7, 11) is 0. The molecule has 1 atom stereocenters. The molecule has 3 nitrogen and oxygen atoms in total. The average molecular weight is 278 g/mol. The molecular weight excluding hydrogens is 255 g/mol. The first-order valence-electron chi connectivity index (χ1n) is 7.25. The van der Waals surface area contributed by atoms with Crippen LogP contribution in [0.3, 0.4) is 0 Å². The Kier molecular flexibility index (Phi) is 4.76. The lowest BCUT2D eigenvalue weighted by Crippen LogP contribution is -2.55. The highest BCUT2D eigenvalue weighted by Gasteiger charge is 2.36. The molecule has 110 valence electrons. The van der Waals surface area contributed by atoms with Crippen molar-refractivity contribution in [3.63, 3.8) is 0 Å². The van der Waals surface area contributed by atoms with Crippen LogP contribution in [0.1, 0.15) is 32.3 Å². The predicted octanol–water partition coefficient (Wildman–Crippen LogP) is 2.26. The number of hydrogen-bond donors (Lipinski definition) is 2. The van der Waals surface area contributed by atoms with Gasteiger partial charge in [-0.3, -0.25) is 4.79 Å². The summed E-state index contributed by atoms with van der Waals surface area (Å²) in [6.45, 7) is 5.57. The van der Waals surface area contributed by atoms with Gasteiger partial charge in [-0.1, -0.05) is 32.0 Å². The number of hydrogen-bond acceptors (Lipinski definition) is 2. The van der Waals surface area contributed by atoms with Crippen LogP contribution < -0.4 is 10.6 Å². The number of benzene rings is 1. The third kappa shape index (κ3) is 3.57. The number of piperidine rings is 1. The molecule has 20 heavy (non-hydrogen) atoms. The van der Waals surface area contributed by atoms with Gasteiger partial charge >= 0.3 is 0 Å². The highest BCUT2D eigenvalue weighted by Crippen LogP contribution is 2.30. The van der Waals surface area contributed by atoms with Crippen LogP contribution in [-0.2, 0) is 11.2 Å². The van der Waals surface area contributed by atoms with Gasteiger partial charge in [-0.15, -0.1) is 0 Å². The van der Waals surface area contributed by atoms with Crippen LogP contribution in [0.2, 0.25) is 0 Å². The third-order valence-electron chi connectivity index (χ3n) is 4.04. The van der Waals surface area contributed by atoms with Crippen LogP contribution in [0, 0.1) is 11.2 Å². The van der Waals surface area contributed by atoms with Gasteiger partial charge in [0.25, 0.3) is 0 Å². The normalized spacial score (nSPS) is 21.4. The molecule has 1 amide bonds. The molecule has 0 aliphatic carbocycles. The Hall–Kier alpha value is -1.42. The molecule has 1 saturated heterocycles. The Morgan fingerprint density at radius 1 is 1.45 bits per heavy atom. The third-order valence-corrected chi connectivity index (χ3v) is 4.04. The molecule has 1 aliphatic rings. The molecule has 1 unspecified atom stereocenters. The number of amides is 1. The van der Waals surface area contributed by atoms with Crippen LogP contribution >= 0.6 is 0 Å². The summed E-state index contributed by atoms with van der Waals surface area (Å²) < 4.78 is 13.5. The molecule has 1 aromatic rings. The molecule has 1 aromatic carbocycles. The molecule has 0 spiro atoms. The zero-order chi connectivity index (χ0) is 14.6. The van der Waals surface area contributed by atoms with Gasteiger partial charge in [-0.25, -0.2) is 4.39 Å². The minimum Gasteiger partial charge on any atom is -0.354 e. The summed E-state index contributed by atoms with van der Waals surface area (Å²) in [6.07, 6.45) is 2.67. The number of carbonyl (C=O) groups excluding carboxylic acids is 1. The SMILES string of the molecule is CC1(C)CCCNC1C(=O)NCCc1ccccc1F. The maximum absolute atomic E-state index is 13.5. The van der Waals surface area contributed by atoms with Crippen molar-refractivity contribution in [1.29, 1.82) is 0 Å². The van der Waals surface area contributed by atoms with Gasteiger partial charge in [0.05, 0.1) is 6.04 Å². The molecule has 0 radical (unpaired) electrons. The van der Waals surface area contributed by atoms with Gasteiger partial charge in [-0.2, -0.15) is 0 Å². The van der Waals surface area contributed by atoms with Crippen LogP contribution in [0.25, 0.3) is 0 Å². The summed E-state index contributed by atoms with van der Waals surface area (Å²) in [5.74, 6) is -0.191. The van der Waals surface area contributed by atoms with Gasteiger partial charge in [0.1, 0.15) is 5.82 Å². The minimum absolute atomic E-state index is 0.0195. The summed E-state index contributed by atoms with van der Waals surface area (Å²) in [5.41, 5.74) is 0.615. The first kappa shape index (κ1) is 15.0. The summed E-state index contributed by atoms with van der Waals surface area (Å²) >= 11 is 0. The van der Waals surface area contributed by atoms with Crippen molar-refractivity contribution in [3.8, 4) is 0 Å². The maximum atomic E-state index is 13.5. The van der Waals surface area contributed by atoms with Gasteiger partial charge in [0, 0.05) is 6.54 Å². The van der Waals surface area contributed by atoms with Crippen molar-refractivity contribution < 1.29 is 9.18 Å². The van der Waals surface area contributed by atoms with E-state index in [1.165, 1.54) is 6.07 Å². The van der Waals surface area contributed by atoms with E-state index in [1.807, 2.05) is 6.07 Å². The highest BCUT2D eigenvalue weighted by atomic mass is 19.1. The van der Waals surface area contributed by atoms with Crippen molar-refractivity contribution in [2.75, 3.05) is 13.1 Å². The zero-order valence-electron chi connectivity index (χ0n) is 12.2. The van der Waals surface area contributed by atoms with Crippen molar-refractivity contribution in [3.05, 3.63) is 35.6 Å². The van der Waals surface area contributed by atoms with E-state index in [2.05, 4.69) is 24.5 Å². The Morgan fingerprint density at radius 3 is 2.90 bits per heavy atom. The standard InChI is InChI=1S/C16H23FN2O/c1-16(2)9-5-10-18-14(16)15(20)19-11-8-12-6-3-4-7-13(12)17/h3-4,6-7,14,18H,5,8-11H2,1-2H3,(H,19,20). The van der Waals surface area contributed by atoms with Crippen molar-refractivity contribution in [2.45, 2.75) is 39.2 Å². The van der Waals surface area contributed by atoms with Gasteiger partial charge in [0.15, 0.2) is 0 Å². The van der Waals surface area contributed by atoms with E-state index in [0.29, 0.717) is 18.5 Å². The van der Waals surface area contributed by atoms with Crippen LogP contribution in [0.4, 0.5) is 4.39 Å². The molecule has 1 heterocycles. The summed E-state index contributed by atoms with van der Waals surface area (Å²) in [4.78, 5) is 12.2. The minimum atomic E-state index is -0.210. The second-order valence-corrected chi connectivity index (χ2v) is 6.11. The average Bonchev–Trinajstić information content (AvgIpc) is 2.40. The molecule has 0 saturated carbocycles. The number of rotatable bonds is 4. The van der Waals surface area contributed by atoms with Crippen LogP contribution in [0.15, 0.2) is 24.3 Å². The van der Waals surface area contributed by atoms with Crippen molar-refractivity contribution in [1.82, 2.24) is 10.6 Å². The van der Waals surface area contributed by atoms with E-state index in [-0.39, 0.29) is 23.2 Å². The van der Waals surface area contributed by atoms with Gasteiger partial charge in [-0.05, 0) is 42.9 Å². The number of nitrogens with one attached hydrogen (secondary N) is 2. The van der Waals surface area contributed by atoms with E-state index in [4.69, 9.17) is 0 Å². The Balaban J connectivity index is 1.85. The molecule has 2 N–H and O–H groups in total. The van der Waals surface area contributed by atoms with Gasteiger partial charge in [0.2, 0.25) is 5.91 Å². The first-order chi connectivity index (χ1) is 9.50. The largest absolute Gasteiger partial charge is 0.354 e.